The molecule has 0 amide bonds. The van der Waals surface area contributed by atoms with E-state index in [9.17, 15) is 4.79 Å². The summed E-state index contributed by atoms with van der Waals surface area (Å²) in [6.45, 7) is 8.23. The van der Waals surface area contributed by atoms with E-state index in [4.69, 9.17) is 0 Å². The van der Waals surface area contributed by atoms with Crippen LogP contribution in [0.1, 0.15) is 47.1 Å². The number of hydrogen-bond acceptors (Lipinski definition) is 2. The molecule has 118 valence electrons. The van der Waals surface area contributed by atoms with Gasteiger partial charge in [0.1, 0.15) is 0 Å². The summed E-state index contributed by atoms with van der Waals surface area (Å²) in [4.78, 5) is 12.8. The Bertz CT molecular complexity index is 869. The zero-order chi connectivity index (χ0) is 16.6. The number of fused-ring (bicyclic) bond motifs is 1. The lowest BCUT2D eigenvalue weighted by atomic mass is 10.0. The van der Waals surface area contributed by atoms with Crippen molar-refractivity contribution in [3.8, 4) is 0 Å². The maximum Gasteiger partial charge on any atom is 0.251 e. The van der Waals surface area contributed by atoms with Crippen LogP contribution in [0, 0.1) is 13.8 Å². The van der Waals surface area contributed by atoms with E-state index in [0.29, 0.717) is 12.3 Å². The molecule has 0 aliphatic carbocycles. The molecule has 3 nitrogen and oxygen atoms in total. The lowest BCUT2D eigenvalue weighted by molar-refractivity contribution is 0.0896. The molecular weight excluding hydrogens is 284 g/mol. The maximum atomic E-state index is 12.8. The summed E-state index contributed by atoms with van der Waals surface area (Å²) >= 11 is 0. The fraction of sp³-hybridized carbons (Fsp3) is 0.300. The van der Waals surface area contributed by atoms with Crippen molar-refractivity contribution in [1.82, 2.24) is 9.78 Å². The summed E-state index contributed by atoms with van der Waals surface area (Å²) in [7, 11) is 0. The Morgan fingerprint density at radius 2 is 1.78 bits per heavy atom. The van der Waals surface area contributed by atoms with E-state index in [2.05, 4.69) is 37.1 Å². The van der Waals surface area contributed by atoms with Gasteiger partial charge in [-0.2, -0.15) is 5.10 Å². The predicted molar refractivity (Wildman–Crippen MR) is 94.1 cm³/mol. The van der Waals surface area contributed by atoms with E-state index in [1.165, 1.54) is 5.56 Å². The molecule has 0 unspecified atom stereocenters. The van der Waals surface area contributed by atoms with Crippen LogP contribution < -0.4 is 0 Å². The first kappa shape index (κ1) is 15.5. The van der Waals surface area contributed by atoms with Crippen molar-refractivity contribution in [3.05, 3.63) is 65.0 Å². The minimum Gasteiger partial charge on any atom is -0.272 e. The molecule has 0 saturated heterocycles. The van der Waals surface area contributed by atoms with Crippen LogP contribution >= 0.6 is 0 Å². The SMILES string of the molecule is Cc1nn(C(=O)Cc2cccc3ccccc23)c(C)c1C(C)C. The minimum absolute atomic E-state index is 0.0221. The van der Waals surface area contributed by atoms with Crippen molar-refractivity contribution >= 4 is 16.7 Å². The van der Waals surface area contributed by atoms with Crippen LogP contribution in [-0.4, -0.2) is 15.7 Å². The third kappa shape index (κ3) is 2.79. The average molecular weight is 306 g/mol. The number of hydrogen-bond donors (Lipinski definition) is 0. The molecule has 2 aromatic carbocycles. The fourth-order valence-corrected chi connectivity index (χ4v) is 3.42. The Balaban J connectivity index is 1.97. The molecule has 0 atom stereocenters. The van der Waals surface area contributed by atoms with E-state index in [1.807, 2.05) is 38.1 Å². The topological polar surface area (TPSA) is 34.9 Å². The smallest absolute Gasteiger partial charge is 0.251 e. The van der Waals surface area contributed by atoms with Crippen LogP contribution in [0.3, 0.4) is 0 Å². The Morgan fingerprint density at radius 3 is 2.48 bits per heavy atom. The van der Waals surface area contributed by atoms with E-state index in [-0.39, 0.29) is 5.91 Å². The van der Waals surface area contributed by atoms with E-state index < -0.39 is 0 Å². The first-order valence-corrected chi connectivity index (χ1v) is 8.05. The number of benzene rings is 2. The molecule has 0 N–H and O–H groups in total. The van der Waals surface area contributed by atoms with Crippen LogP contribution in [0.5, 0.6) is 0 Å². The highest BCUT2D eigenvalue weighted by Crippen LogP contribution is 2.24. The standard InChI is InChI=1S/C20H22N2O/c1-13(2)20-14(3)21-22(15(20)4)19(23)12-17-10-7-9-16-8-5-6-11-18(16)17/h5-11,13H,12H2,1-4H3. The van der Waals surface area contributed by atoms with Crippen molar-refractivity contribution in [2.24, 2.45) is 0 Å². The largest absolute Gasteiger partial charge is 0.272 e. The summed E-state index contributed by atoms with van der Waals surface area (Å²) < 4.78 is 1.58. The van der Waals surface area contributed by atoms with Crippen molar-refractivity contribution in [1.29, 1.82) is 0 Å². The van der Waals surface area contributed by atoms with Crippen LogP contribution in [0.2, 0.25) is 0 Å². The molecular formula is C20H22N2O. The Labute approximate surface area is 136 Å². The Hall–Kier alpha value is -2.42. The number of carbonyl (C=O) groups excluding carboxylic acids is 1. The fourth-order valence-electron chi connectivity index (χ4n) is 3.42. The molecule has 0 aliphatic rings. The monoisotopic (exact) mass is 306 g/mol. The van der Waals surface area contributed by atoms with Gasteiger partial charge in [0, 0.05) is 5.69 Å². The van der Waals surface area contributed by atoms with Gasteiger partial charge in [0.2, 0.25) is 0 Å². The Kier molecular flexibility index (Phi) is 4.03. The second kappa shape index (κ2) is 5.99. The lowest BCUT2D eigenvalue weighted by Crippen LogP contribution is -2.17. The molecule has 0 fully saturated rings. The van der Waals surface area contributed by atoms with E-state index in [0.717, 1.165) is 27.7 Å². The third-order valence-corrected chi connectivity index (χ3v) is 4.38. The third-order valence-electron chi connectivity index (χ3n) is 4.38. The van der Waals surface area contributed by atoms with Gasteiger partial charge in [-0.05, 0) is 41.7 Å². The molecule has 1 heterocycles. The van der Waals surface area contributed by atoms with Gasteiger partial charge in [-0.3, -0.25) is 4.79 Å². The summed E-state index contributed by atoms with van der Waals surface area (Å²) in [5.74, 6) is 0.392. The molecule has 1 aromatic heterocycles. The molecule has 0 saturated carbocycles. The van der Waals surface area contributed by atoms with Crippen LogP contribution in [0.25, 0.3) is 10.8 Å². The van der Waals surface area contributed by atoms with E-state index >= 15 is 0 Å². The van der Waals surface area contributed by atoms with Gasteiger partial charge in [-0.25, -0.2) is 4.68 Å². The lowest BCUT2D eigenvalue weighted by Gasteiger charge is -2.08. The first-order valence-electron chi connectivity index (χ1n) is 8.05. The van der Waals surface area contributed by atoms with Gasteiger partial charge in [-0.15, -0.1) is 0 Å². The van der Waals surface area contributed by atoms with Gasteiger partial charge in [0.25, 0.3) is 5.91 Å². The van der Waals surface area contributed by atoms with Gasteiger partial charge < -0.3 is 0 Å². The molecule has 0 spiro atoms. The van der Waals surface area contributed by atoms with Crippen LogP contribution in [0.4, 0.5) is 0 Å². The Morgan fingerprint density at radius 1 is 1.09 bits per heavy atom. The summed E-state index contributed by atoms with van der Waals surface area (Å²) in [6, 6.07) is 14.3. The molecule has 3 aromatic rings. The van der Waals surface area contributed by atoms with Crippen molar-refractivity contribution in [2.45, 2.75) is 40.0 Å². The van der Waals surface area contributed by atoms with Gasteiger partial charge in [0.05, 0.1) is 12.1 Å². The van der Waals surface area contributed by atoms with Crippen LogP contribution in [0.15, 0.2) is 42.5 Å². The van der Waals surface area contributed by atoms with Gasteiger partial charge in [-0.1, -0.05) is 56.3 Å². The molecule has 3 heteroatoms. The quantitative estimate of drug-likeness (QED) is 0.705. The highest BCUT2D eigenvalue weighted by Gasteiger charge is 2.19. The number of rotatable bonds is 3. The summed E-state index contributed by atoms with van der Waals surface area (Å²) in [6.07, 6.45) is 0.362. The minimum atomic E-state index is 0.0221. The highest BCUT2D eigenvalue weighted by atomic mass is 16.2. The van der Waals surface area contributed by atoms with E-state index in [1.54, 1.807) is 4.68 Å². The predicted octanol–water partition coefficient (Wildman–Crippen LogP) is 4.66. The second-order valence-corrected chi connectivity index (χ2v) is 6.36. The molecule has 23 heavy (non-hydrogen) atoms. The summed E-state index contributed by atoms with van der Waals surface area (Å²) in [5, 5.41) is 6.77. The number of aromatic nitrogens is 2. The zero-order valence-electron chi connectivity index (χ0n) is 14.1. The molecule has 0 bridgehead atoms. The van der Waals surface area contributed by atoms with Crippen molar-refractivity contribution < 1.29 is 4.79 Å². The number of aryl methyl sites for hydroxylation is 1. The number of nitrogens with zero attached hydrogens (tertiary/aromatic N) is 2. The molecule has 0 aliphatic heterocycles. The molecule has 0 radical (unpaired) electrons. The molecule has 3 rings (SSSR count). The maximum absolute atomic E-state index is 12.8. The van der Waals surface area contributed by atoms with Gasteiger partial charge in [0.15, 0.2) is 0 Å². The summed E-state index contributed by atoms with van der Waals surface area (Å²) in [5.41, 5.74) is 4.13. The number of carbonyl (C=O) groups is 1. The van der Waals surface area contributed by atoms with Crippen LogP contribution in [-0.2, 0) is 6.42 Å². The normalized spacial score (nSPS) is 11.3. The first-order chi connectivity index (χ1) is 11.0. The zero-order valence-corrected chi connectivity index (χ0v) is 14.1. The second-order valence-electron chi connectivity index (χ2n) is 6.36. The van der Waals surface area contributed by atoms with Crippen molar-refractivity contribution in [2.75, 3.05) is 0 Å². The van der Waals surface area contributed by atoms with Crippen molar-refractivity contribution in [3.63, 3.8) is 0 Å². The highest BCUT2D eigenvalue weighted by molar-refractivity contribution is 5.91. The van der Waals surface area contributed by atoms with Gasteiger partial charge >= 0.3 is 0 Å². The average Bonchev–Trinajstić information content (AvgIpc) is 2.82.